The van der Waals surface area contributed by atoms with E-state index in [4.69, 9.17) is 11.6 Å². The first-order valence-corrected chi connectivity index (χ1v) is 11.1. The number of hydrogen-bond donors (Lipinski definition) is 0. The molecular formula is C26H22ClF2N3O2. The Bertz CT molecular complexity index is 1370. The zero-order valence-electron chi connectivity index (χ0n) is 18.5. The molecule has 34 heavy (non-hydrogen) atoms. The summed E-state index contributed by atoms with van der Waals surface area (Å²) in [5, 5.41) is 4.82. The lowest BCUT2D eigenvalue weighted by Gasteiger charge is -2.08. The van der Waals surface area contributed by atoms with Gasteiger partial charge >= 0.3 is 5.69 Å². The van der Waals surface area contributed by atoms with E-state index in [0.29, 0.717) is 17.0 Å². The van der Waals surface area contributed by atoms with E-state index in [-0.39, 0.29) is 36.7 Å². The van der Waals surface area contributed by atoms with Crippen LogP contribution >= 0.6 is 11.6 Å². The third-order valence-electron chi connectivity index (χ3n) is 5.50. The number of ketones is 1. The van der Waals surface area contributed by atoms with Gasteiger partial charge in [0.25, 0.3) is 0 Å². The Morgan fingerprint density at radius 2 is 1.68 bits per heavy atom. The fourth-order valence-corrected chi connectivity index (χ4v) is 3.86. The van der Waals surface area contributed by atoms with Crippen LogP contribution in [0.5, 0.6) is 0 Å². The number of hydrogen-bond acceptors (Lipinski definition) is 3. The van der Waals surface area contributed by atoms with Crippen molar-refractivity contribution in [1.82, 2.24) is 14.3 Å². The molecule has 0 aliphatic heterocycles. The Labute approximate surface area is 200 Å². The third kappa shape index (κ3) is 5.31. The van der Waals surface area contributed by atoms with Crippen LogP contribution < -0.4 is 5.69 Å². The molecule has 0 amide bonds. The minimum absolute atomic E-state index is 0.173. The first-order valence-electron chi connectivity index (χ1n) is 10.8. The van der Waals surface area contributed by atoms with Crippen LogP contribution in [0.25, 0.3) is 11.4 Å². The summed E-state index contributed by atoms with van der Waals surface area (Å²) in [5.74, 6) is -1.52. The predicted molar refractivity (Wildman–Crippen MR) is 127 cm³/mol. The van der Waals surface area contributed by atoms with E-state index in [2.05, 4.69) is 5.10 Å². The van der Waals surface area contributed by atoms with Crippen LogP contribution in [0, 0.1) is 18.6 Å². The largest absolute Gasteiger partial charge is 0.346 e. The first kappa shape index (κ1) is 23.6. The van der Waals surface area contributed by atoms with Crippen LogP contribution in [0.1, 0.15) is 23.1 Å². The Morgan fingerprint density at radius 1 is 1.00 bits per heavy atom. The number of carbonyl (C=O) groups is 1. The Morgan fingerprint density at radius 3 is 2.35 bits per heavy atom. The number of aryl methyl sites for hydroxylation is 2. The molecule has 0 saturated carbocycles. The lowest BCUT2D eigenvalue weighted by Crippen LogP contribution is -2.28. The van der Waals surface area contributed by atoms with Crippen LogP contribution in [-0.4, -0.2) is 20.1 Å². The number of nitrogens with zero attached hydrogens (tertiary/aromatic N) is 3. The Kier molecular flexibility index (Phi) is 7.03. The van der Waals surface area contributed by atoms with Crippen molar-refractivity contribution in [1.29, 1.82) is 0 Å². The molecule has 5 nitrogen and oxygen atoms in total. The topological polar surface area (TPSA) is 56.9 Å². The smallest absolute Gasteiger partial charge is 0.298 e. The van der Waals surface area contributed by atoms with Crippen molar-refractivity contribution in [2.24, 2.45) is 0 Å². The van der Waals surface area contributed by atoms with Gasteiger partial charge in [0, 0.05) is 22.6 Å². The number of benzene rings is 3. The summed E-state index contributed by atoms with van der Waals surface area (Å²) < 4.78 is 30.8. The van der Waals surface area contributed by atoms with E-state index in [1.807, 2.05) is 31.2 Å². The number of halogens is 3. The molecular weight excluding hydrogens is 460 g/mol. The standard InChI is InChI=1S/C26H22ClF2N3O2/c1-17-4-2-5-18(14-17)8-13-21(33)15-32-26(34)31(16-22-23(28)6-3-7-24(22)29)25(30-32)19-9-11-20(27)12-10-19/h2-7,9-12,14H,8,13,15-16H2,1H3. The fourth-order valence-electron chi connectivity index (χ4n) is 3.74. The van der Waals surface area contributed by atoms with E-state index in [0.717, 1.165) is 27.9 Å². The molecule has 0 radical (unpaired) electrons. The SMILES string of the molecule is Cc1cccc(CCC(=O)Cn2nc(-c3ccc(Cl)cc3)n(Cc3c(F)cccc3F)c2=O)c1. The summed E-state index contributed by atoms with van der Waals surface area (Å²) in [5.41, 5.74) is 1.78. The summed E-state index contributed by atoms with van der Waals surface area (Å²) in [6.07, 6.45) is 0.779. The normalized spacial score (nSPS) is 11.1. The zero-order valence-corrected chi connectivity index (χ0v) is 19.2. The van der Waals surface area contributed by atoms with Gasteiger partial charge in [-0.05, 0) is 55.3 Å². The van der Waals surface area contributed by atoms with E-state index >= 15 is 0 Å². The van der Waals surface area contributed by atoms with Crippen LogP contribution in [0.3, 0.4) is 0 Å². The molecule has 4 rings (SSSR count). The lowest BCUT2D eigenvalue weighted by atomic mass is 10.1. The zero-order chi connectivity index (χ0) is 24.2. The van der Waals surface area contributed by atoms with Crippen LogP contribution in [0.15, 0.2) is 71.5 Å². The highest BCUT2D eigenvalue weighted by atomic mass is 35.5. The summed E-state index contributed by atoms with van der Waals surface area (Å²) in [6.45, 7) is 1.37. The molecule has 4 aromatic rings. The van der Waals surface area contributed by atoms with Crippen molar-refractivity contribution in [3.05, 3.63) is 111 Å². The van der Waals surface area contributed by atoms with E-state index < -0.39 is 17.3 Å². The van der Waals surface area contributed by atoms with Gasteiger partial charge in [-0.15, -0.1) is 5.10 Å². The highest BCUT2D eigenvalue weighted by molar-refractivity contribution is 6.30. The molecule has 0 saturated heterocycles. The van der Waals surface area contributed by atoms with Gasteiger partial charge in [0.1, 0.15) is 18.2 Å². The molecule has 3 aromatic carbocycles. The van der Waals surface area contributed by atoms with Crippen molar-refractivity contribution < 1.29 is 13.6 Å². The molecule has 0 N–H and O–H groups in total. The summed E-state index contributed by atoms with van der Waals surface area (Å²) in [6, 6.07) is 17.9. The van der Waals surface area contributed by atoms with Gasteiger partial charge in [0.2, 0.25) is 0 Å². The van der Waals surface area contributed by atoms with Gasteiger partial charge in [0.15, 0.2) is 11.6 Å². The first-order chi connectivity index (χ1) is 16.3. The van der Waals surface area contributed by atoms with Crippen molar-refractivity contribution >= 4 is 17.4 Å². The molecule has 0 fully saturated rings. The highest BCUT2D eigenvalue weighted by Crippen LogP contribution is 2.21. The minimum atomic E-state index is -0.768. The maximum atomic E-state index is 14.3. The second-order valence-electron chi connectivity index (χ2n) is 8.08. The molecule has 0 atom stereocenters. The second kappa shape index (κ2) is 10.1. The molecule has 8 heteroatoms. The Balaban J connectivity index is 1.64. The van der Waals surface area contributed by atoms with Crippen molar-refractivity contribution in [3.8, 4) is 11.4 Å². The number of aromatic nitrogens is 3. The highest BCUT2D eigenvalue weighted by Gasteiger charge is 2.20. The van der Waals surface area contributed by atoms with Gasteiger partial charge < -0.3 is 0 Å². The maximum absolute atomic E-state index is 14.3. The monoisotopic (exact) mass is 481 g/mol. The van der Waals surface area contributed by atoms with Crippen LogP contribution in [-0.2, 0) is 24.3 Å². The molecule has 1 heterocycles. The molecule has 0 aliphatic rings. The van der Waals surface area contributed by atoms with E-state index in [1.165, 1.54) is 10.6 Å². The summed E-state index contributed by atoms with van der Waals surface area (Å²) in [4.78, 5) is 25.8. The lowest BCUT2D eigenvalue weighted by molar-refractivity contribution is -0.119. The van der Waals surface area contributed by atoms with Gasteiger partial charge in [-0.2, -0.15) is 0 Å². The minimum Gasteiger partial charge on any atom is -0.298 e. The summed E-state index contributed by atoms with van der Waals surface area (Å²) in [7, 11) is 0. The van der Waals surface area contributed by atoms with Gasteiger partial charge in [-0.1, -0.05) is 47.5 Å². The molecule has 0 spiro atoms. The van der Waals surface area contributed by atoms with Gasteiger partial charge in [-0.25, -0.2) is 18.3 Å². The Hall–Kier alpha value is -3.58. The van der Waals surface area contributed by atoms with Crippen molar-refractivity contribution in [3.63, 3.8) is 0 Å². The molecule has 0 unspecified atom stereocenters. The second-order valence-corrected chi connectivity index (χ2v) is 8.52. The van der Waals surface area contributed by atoms with Crippen LogP contribution in [0.4, 0.5) is 8.78 Å². The van der Waals surface area contributed by atoms with Crippen LogP contribution in [0.2, 0.25) is 5.02 Å². The van der Waals surface area contributed by atoms with Crippen molar-refractivity contribution in [2.75, 3.05) is 0 Å². The van der Waals surface area contributed by atoms with Crippen molar-refractivity contribution in [2.45, 2.75) is 32.9 Å². The van der Waals surface area contributed by atoms with E-state index in [9.17, 15) is 18.4 Å². The molecule has 174 valence electrons. The van der Waals surface area contributed by atoms with Gasteiger partial charge in [-0.3, -0.25) is 9.36 Å². The summed E-state index contributed by atoms with van der Waals surface area (Å²) >= 11 is 5.97. The predicted octanol–water partition coefficient (Wildman–Crippen LogP) is 5.20. The number of rotatable bonds is 8. The average Bonchev–Trinajstić information content (AvgIpc) is 3.10. The molecule has 0 aliphatic carbocycles. The molecule has 0 bridgehead atoms. The maximum Gasteiger partial charge on any atom is 0.346 e. The quantitative estimate of drug-likeness (QED) is 0.347. The number of carbonyl (C=O) groups excluding carboxylic acids is 1. The van der Waals surface area contributed by atoms with E-state index in [1.54, 1.807) is 24.3 Å². The van der Waals surface area contributed by atoms with Gasteiger partial charge in [0.05, 0.1) is 6.54 Å². The third-order valence-corrected chi connectivity index (χ3v) is 5.76. The molecule has 1 aromatic heterocycles. The average molecular weight is 482 g/mol. The number of Topliss-reactive ketones (excluding diaryl/α,β-unsaturated/α-hetero) is 1. The fraction of sp³-hybridized carbons (Fsp3) is 0.192.